The Balaban J connectivity index is 2.26. The van der Waals surface area contributed by atoms with E-state index in [4.69, 9.17) is 4.74 Å². The molecular weight excluding hydrogens is 262 g/mol. The van der Waals surface area contributed by atoms with Crippen molar-refractivity contribution in [2.24, 2.45) is 0 Å². The molecule has 20 heavy (non-hydrogen) atoms. The van der Waals surface area contributed by atoms with Crippen LogP contribution in [0, 0.1) is 11.6 Å². The summed E-state index contributed by atoms with van der Waals surface area (Å²) in [5.41, 5.74) is 1.43. The molecule has 1 heterocycles. The van der Waals surface area contributed by atoms with Crippen LogP contribution in [0.2, 0.25) is 0 Å². The van der Waals surface area contributed by atoms with Gasteiger partial charge in [0, 0.05) is 6.20 Å². The Hall–Kier alpha value is -2.01. The molecule has 2 rings (SSSR count). The number of benzene rings is 1. The number of hydrogen-bond donors (Lipinski definition) is 1. The summed E-state index contributed by atoms with van der Waals surface area (Å²) in [6.07, 6.45) is 2.16. The van der Waals surface area contributed by atoms with Crippen LogP contribution >= 0.6 is 0 Å². The van der Waals surface area contributed by atoms with E-state index >= 15 is 0 Å². The van der Waals surface area contributed by atoms with Crippen molar-refractivity contribution in [3.63, 3.8) is 0 Å². The van der Waals surface area contributed by atoms with Gasteiger partial charge in [0.05, 0.1) is 18.8 Å². The van der Waals surface area contributed by atoms with Gasteiger partial charge in [-0.3, -0.25) is 4.98 Å². The van der Waals surface area contributed by atoms with Gasteiger partial charge in [0.2, 0.25) is 0 Å². The van der Waals surface area contributed by atoms with Crippen LogP contribution in [-0.4, -0.2) is 19.1 Å². The van der Waals surface area contributed by atoms with Crippen LogP contribution in [0.1, 0.15) is 17.3 Å². The van der Waals surface area contributed by atoms with Crippen LogP contribution < -0.4 is 10.1 Å². The van der Waals surface area contributed by atoms with Crippen molar-refractivity contribution in [3.8, 4) is 5.75 Å². The number of methoxy groups -OCH3 is 1. The van der Waals surface area contributed by atoms with Crippen LogP contribution in [0.25, 0.3) is 0 Å². The zero-order valence-corrected chi connectivity index (χ0v) is 11.4. The fourth-order valence-electron chi connectivity index (χ4n) is 2.07. The normalized spacial score (nSPS) is 12.2. The van der Waals surface area contributed by atoms with Gasteiger partial charge in [0.1, 0.15) is 5.75 Å². The Kier molecular flexibility index (Phi) is 4.63. The van der Waals surface area contributed by atoms with Crippen molar-refractivity contribution >= 4 is 0 Å². The minimum atomic E-state index is -0.842. The summed E-state index contributed by atoms with van der Waals surface area (Å²) < 4.78 is 31.5. The molecule has 0 radical (unpaired) electrons. The second-order valence-corrected chi connectivity index (χ2v) is 4.38. The molecule has 1 atom stereocenters. The van der Waals surface area contributed by atoms with Crippen molar-refractivity contribution in [1.82, 2.24) is 10.3 Å². The number of ether oxygens (including phenoxy) is 1. The lowest BCUT2D eigenvalue weighted by Gasteiger charge is -2.18. The minimum Gasteiger partial charge on any atom is -0.495 e. The van der Waals surface area contributed by atoms with E-state index in [1.54, 1.807) is 32.5 Å². The Morgan fingerprint density at radius 3 is 2.70 bits per heavy atom. The molecule has 2 aromatic rings. The van der Waals surface area contributed by atoms with Crippen LogP contribution in [0.3, 0.4) is 0 Å². The SMILES string of the molecule is CNC(Cc1ccc(F)c(F)c1)c1ncccc1OC. The summed E-state index contributed by atoms with van der Waals surface area (Å²) >= 11 is 0. The third-order valence-electron chi connectivity index (χ3n) is 3.12. The number of halogens is 2. The third-order valence-corrected chi connectivity index (χ3v) is 3.12. The maximum absolute atomic E-state index is 13.2. The number of hydrogen-bond acceptors (Lipinski definition) is 3. The maximum atomic E-state index is 13.2. The lowest BCUT2D eigenvalue weighted by molar-refractivity contribution is 0.396. The van der Waals surface area contributed by atoms with Crippen LogP contribution in [0.4, 0.5) is 8.78 Å². The zero-order chi connectivity index (χ0) is 14.5. The monoisotopic (exact) mass is 278 g/mol. The summed E-state index contributed by atoms with van der Waals surface area (Å²) in [6.45, 7) is 0. The van der Waals surface area contributed by atoms with E-state index in [1.165, 1.54) is 6.07 Å². The first-order valence-electron chi connectivity index (χ1n) is 6.25. The van der Waals surface area contributed by atoms with E-state index in [2.05, 4.69) is 10.3 Å². The van der Waals surface area contributed by atoms with Crippen LogP contribution in [0.15, 0.2) is 36.5 Å². The average molecular weight is 278 g/mol. The highest BCUT2D eigenvalue weighted by Crippen LogP contribution is 2.25. The van der Waals surface area contributed by atoms with Gasteiger partial charge in [-0.05, 0) is 43.3 Å². The Morgan fingerprint density at radius 1 is 1.25 bits per heavy atom. The van der Waals surface area contributed by atoms with E-state index in [1.807, 2.05) is 6.07 Å². The molecule has 106 valence electrons. The molecule has 1 N–H and O–H groups in total. The summed E-state index contributed by atoms with van der Waals surface area (Å²) in [5, 5.41) is 3.12. The van der Waals surface area contributed by atoms with Crippen LogP contribution in [0.5, 0.6) is 5.75 Å². The summed E-state index contributed by atoms with van der Waals surface area (Å²) in [6, 6.07) is 7.36. The predicted octanol–water partition coefficient (Wildman–Crippen LogP) is 2.87. The van der Waals surface area contributed by atoms with Crippen molar-refractivity contribution in [2.45, 2.75) is 12.5 Å². The quantitative estimate of drug-likeness (QED) is 0.913. The van der Waals surface area contributed by atoms with E-state index in [-0.39, 0.29) is 6.04 Å². The topological polar surface area (TPSA) is 34.2 Å². The van der Waals surface area contributed by atoms with Gasteiger partial charge in [0.15, 0.2) is 11.6 Å². The molecule has 0 fully saturated rings. The average Bonchev–Trinajstić information content (AvgIpc) is 2.48. The van der Waals surface area contributed by atoms with Gasteiger partial charge in [-0.1, -0.05) is 6.07 Å². The third kappa shape index (κ3) is 3.11. The molecule has 3 nitrogen and oxygen atoms in total. The van der Waals surface area contributed by atoms with E-state index in [9.17, 15) is 8.78 Å². The molecule has 0 spiro atoms. The zero-order valence-electron chi connectivity index (χ0n) is 11.4. The van der Waals surface area contributed by atoms with Crippen molar-refractivity contribution in [3.05, 3.63) is 59.4 Å². The fraction of sp³-hybridized carbons (Fsp3) is 0.267. The first-order valence-corrected chi connectivity index (χ1v) is 6.25. The van der Waals surface area contributed by atoms with Gasteiger partial charge in [-0.25, -0.2) is 8.78 Å². The summed E-state index contributed by atoms with van der Waals surface area (Å²) in [4.78, 5) is 4.30. The Labute approximate surface area is 116 Å². The molecular formula is C15H16F2N2O. The molecule has 0 aliphatic rings. The smallest absolute Gasteiger partial charge is 0.159 e. The number of pyridine rings is 1. The molecule has 1 aromatic carbocycles. The minimum absolute atomic E-state index is 0.143. The molecule has 1 aromatic heterocycles. The number of likely N-dealkylation sites (N-methyl/N-ethyl adjacent to an activating group) is 1. The highest BCUT2D eigenvalue weighted by Gasteiger charge is 2.17. The molecule has 0 bridgehead atoms. The van der Waals surface area contributed by atoms with E-state index < -0.39 is 11.6 Å². The summed E-state index contributed by atoms with van der Waals surface area (Å²) in [7, 11) is 3.36. The standard InChI is InChI=1S/C15H16F2N2O/c1-18-13(15-14(20-2)4-3-7-19-15)9-10-5-6-11(16)12(17)8-10/h3-8,13,18H,9H2,1-2H3. The number of nitrogens with one attached hydrogen (secondary N) is 1. The van der Waals surface area contributed by atoms with Crippen LogP contribution in [-0.2, 0) is 6.42 Å². The summed E-state index contributed by atoms with van der Waals surface area (Å²) in [5.74, 6) is -1.02. The second-order valence-electron chi connectivity index (χ2n) is 4.38. The number of rotatable bonds is 5. The second kappa shape index (κ2) is 6.43. The molecule has 1 unspecified atom stereocenters. The Morgan fingerprint density at radius 2 is 2.05 bits per heavy atom. The molecule has 0 aliphatic carbocycles. The largest absolute Gasteiger partial charge is 0.495 e. The van der Waals surface area contributed by atoms with Gasteiger partial charge in [-0.2, -0.15) is 0 Å². The fourth-order valence-corrected chi connectivity index (χ4v) is 2.07. The van der Waals surface area contributed by atoms with Gasteiger partial charge >= 0.3 is 0 Å². The van der Waals surface area contributed by atoms with Gasteiger partial charge in [0.25, 0.3) is 0 Å². The van der Waals surface area contributed by atoms with Gasteiger partial charge in [-0.15, -0.1) is 0 Å². The lowest BCUT2D eigenvalue weighted by atomic mass is 10.0. The maximum Gasteiger partial charge on any atom is 0.159 e. The highest BCUT2D eigenvalue weighted by molar-refractivity contribution is 5.31. The first kappa shape index (κ1) is 14.4. The molecule has 0 amide bonds. The molecule has 0 saturated heterocycles. The highest BCUT2D eigenvalue weighted by atomic mass is 19.2. The Bertz CT molecular complexity index is 590. The molecule has 5 heteroatoms. The van der Waals surface area contributed by atoms with E-state index in [0.29, 0.717) is 17.7 Å². The molecule has 0 aliphatic heterocycles. The van der Waals surface area contributed by atoms with Gasteiger partial charge < -0.3 is 10.1 Å². The number of aromatic nitrogens is 1. The lowest BCUT2D eigenvalue weighted by Crippen LogP contribution is -2.21. The predicted molar refractivity (Wildman–Crippen MR) is 72.7 cm³/mol. The van der Waals surface area contributed by atoms with Crippen molar-refractivity contribution < 1.29 is 13.5 Å². The first-order chi connectivity index (χ1) is 9.65. The van der Waals surface area contributed by atoms with E-state index in [0.717, 1.165) is 11.8 Å². The number of nitrogens with zero attached hydrogens (tertiary/aromatic N) is 1. The van der Waals surface area contributed by atoms with Crippen molar-refractivity contribution in [1.29, 1.82) is 0 Å². The van der Waals surface area contributed by atoms with Crippen molar-refractivity contribution in [2.75, 3.05) is 14.2 Å². The molecule has 0 saturated carbocycles.